The molecule has 0 aliphatic rings. The summed E-state index contributed by atoms with van der Waals surface area (Å²) in [4.78, 5) is 23.4. The van der Waals surface area contributed by atoms with Gasteiger partial charge in [-0.15, -0.1) is 10.2 Å². The zero-order valence-electron chi connectivity index (χ0n) is 9.61. The molecule has 98 valence electrons. The number of rotatable bonds is 3. The van der Waals surface area contributed by atoms with Crippen LogP contribution in [0.1, 0.15) is 9.80 Å². The van der Waals surface area contributed by atoms with Crippen LogP contribution in [0.5, 0.6) is 0 Å². The largest absolute Gasteiger partial charge is 0.309 e. The van der Waals surface area contributed by atoms with E-state index in [1.54, 1.807) is 7.05 Å². The average molecular weight is 299 g/mol. The van der Waals surface area contributed by atoms with Gasteiger partial charge in [-0.3, -0.25) is 14.9 Å². The Labute approximate surface area is 116 Å². The van der Waals surface area contributed by atoms with Crippen LogP contribution in [-0.4, -0.2) is 28.1 Å². The lowest BCUT2D eigenvalue weighted by Gasteiger charge is -2.14. The van der Waals surface area contributed by atoms with Gasteiger partial charge in [0.2, 0.25) is 9.47 Å². The Morgan fingerprint density at radius 1 is 1.37 bits per heavy atom. The van der Waals surface area contributed by atoms with Crippen LogP contribution in [0.15, 0.2) is 24.3 Å². The molecule has 9 heteroatoms. The number of aromatic nitrogens is 2. The number of anilines is 1. The molecule has 0 bridgehead atoms. The minimum atomic E-state index is -0.504. The molecule has 0 aliphatic heterocycles. The van der Waals surface area contributed by atoms with Crippen LogP contribution in [0.25, 0.3) is 0 Å². The number of benzene rings is 1. The van der Waals surface area contributed by atoms with Crippen molar-refractivity contribution in [1.82, 2.24) is 10.2 Å². The van der Waals surface area contributed by atoms with Crippen LogP contribution in [0.3, 0.4) is 0 Å². The van der Waals surface area contributed by atoms with Crippen LogP contribution in [0.4, 0.5) is 11.4 Å². The summed E-state index contributed by atoms with van der Waals surface area (Å²) >= 11 is 6.58. The molecule has 0 N–H and O–H groups in total. The zero-order chi connectivity index (χ0) is 14.0. The number of carbonyl (C=O) groups is 1. The van der Waals surface area contributed by atoms with Crippen LogP contribution in [0.2, 0.25) is 4.47 Å². The van der Waals surface area contributed by atoms with Gasteiger partial charge in [0, 0.05) is 24.9 Å². The SMILES string of the molecule is CN(C(=O)c1nnc(Cl)s1)c1ccc([N+](=O)[O-])cc1. The number of amides is 1. The summed E-state index contributed by atoms with van der Waals surface area (Å²) in [7, 11) is 1.54. The van der Waals surface area contributed by atoms with Gasteiger partial charge in [-0.05, 0) is 23.7 Å². The maximum Gasteiger partial charge on any atom is 0.289 e. The molecule has 19 heavy (non-hydrogen) atoms. The van der Waals surface area contributed by atoms with E-state index < -0.39 is 4.92 Å². The molecule has 0 saturated carbocycles. The molecule has 0 atom stereocenters. The average Bonchev–Trinajstić information content (AvgIpc) is 2.84. The molecule has 0 saturated heterocycles. The van der Waals surface area contributed by atoms with Gasteiger partial charge < -0.3 is 4.90 Å². The Morgan fingerprint density at radius 3 is 2.47 bits per heavy atom. The molecule has 1 aromatic carbocycles. The van der Waals surface area contributed by atoms with Crippen molar-refractivity contribution in [3.63, 3.8) is 0 Å². The Morgan fingerprint density at radius 2 is 2.00 bits per heavy atom. The number of nitro groups is 1. The summed E-state index contributed by atoms with van der Waals surface area (Å²) in [6.45, 7) is 0. The van der Waals surface area contributed by atoms with Crippen molar-refractivity contribution in [2.75, 3.05) is 11.9 Å². The highest BCUT2D eigenvalue weighted by Crippen LogP contribution is 2.22. The van der Waals surface area contributed by atoms with Gasteiger partial charge in [0.05, 0.1) is 4.92 Å². The van der Waals surface area contributed by atoms with Gasteiger partial charge in [-0.25, -0.2) is 0 Å². The van der Waals surface area contributed by atoms with Crippen LogP contribution in [0, 0.1) is 10.1 Å². The van der Waals surface area contributed by atoms with Crippen LogP contribution in [-0.2, 0) is 0 Å². The van der Waals surface area contributed by atoms with Crippen molar-refractivity contribution in [3.05, 3.63) is 43.9 Å². The summed E-state index contributed by atoms with van der Waals surface area (Å²) in [6, 6.07) is 5.62. The molecule has 2 rings (SSSR count). The van der Waals surface area contributed by atoms with E-state index in [2.05, 4.69) is 10.2 Å². The van der Waals surface area contributed by atoms with Gasteiger partial charge in [0.15, 0.2) is 0 Å². The Balaban J connectivity index is 2.21. The number of halogens is 1. The molecule has 0 radical (unpaired) electrons. The molecule has 0 unspecified atom stereocenters. The van der Waals surface area contributed by atoms with E-state index in [0.29, 0.717) is 5.69 Å². The van der Waals surface area contributed by atoms with E-state index in [0.717, 1.165) is 11.3 Å². The van der Waals surface area contributed by atoms with Crippen LogP contribution >= 0.6 is 22.9 Å². The normalized spacial score (nSPS) is 10.2. The molecular formula is C10H7ClN4O3S. The third-order valence-corrected chi connectivity index (χ3v) is 3.34. The third-order valence-electron chi connectivity index (χ3n) is 2.34. The van der Waals surface area contributed by atoms with E-state index in [4.69, 9.17) is 11.6 Å². The van der Waals surface area contributed by atoms with E-state index in [-0.39, 0.29) is 21.1 Å². The number of non-ortho nitro benzene ring substituents is 1. The summed E-state index contributed by atoms with van der Waals surface area (Å²) < 4.78 is 0.181. The lowest BCUT2D eigenvalue weighted by atomic mass is 10.2. The Kier molecular flexibility index (Phi) is 3.72. The maximum absolute atomic E-state index is 12.0. The third kappa shape index (κ3) is 2.85. The lowest BCUT2D eigenvalue weighted by molar-refractivity contribution is -0.384. The molecule has 0 aliphatic carbocycles. The highest BCUT2D eigenvalue weighted by molar-refractivity contribution is 7.17. The first-order valence-corrected chi connectivity index (χ1v) is 6.20. The first-order chi connectivity index (χ1) is 8.99. The van der Waals surface area contributed by atoms with Crippen molar-refractivity contribution in [3.8, 4) is 0 Å². The minimum Gasteiger partial charge on any atom is -0.309 e. The van der Waals surface area contributed by atoms with E-state index >= 15 is 0 Å². The molecule has 2 aromatic rings. The molecule has 1 aromatic heterocycles. The predicted octanol–water partition coefficient (Wildman–Crippen LogP) is 2.38. The van der Waals surface area contributed by atoms with Gasteiger partial charge in [0.25, 0.3) is 11.6 Å². The molecule has 7 nitrogen and oxygen atoms in total. The summed E-state index contributed by atoms with van der Waals surface area (Å²) in [5.41, 5.74) is 0.477. The van der Waals surface area contributed by atoms with Crippen molar-refractivity contribution in [1.29, 1.82) is 0 Å². The molecule has 0 fully saturated rings. The second-order valence-electron chi connectivity index (χ2n) is 3.50. The van der Waals surface area contributed by atoms with Crippen molar-refractivity contribution >= 4 is 40.2 Å². The molecule has 1 amide bonds. The first-order valence-electron chi connectivity index (χ1n) is 5.00. The van der Waals surface area contributed by atoms with E-state index in [1.165, 1.54) is 29.2 Å². The van der Waals surface area contributed by atoms with Gasteiger partial charge in [-0.1, -0.05) is 11.3 Å². The quantitative estimate of drug-likeness (QED) is 0.641. The number of nitrogens with zero attached hydrogens (tertiary/aromatic N) is 4. The smallest absolute Gasteiger partial charge is 0.289 e. The Bertz CT molecular complexity index is 628. The first kappa shape index (κ1) is 13.4. The highest BCUT2D eigenvalue weighted by atomic mass is 35.5. The van der Waals surface area contributed by atoms with Crippen LogP contribution < -0.4 is 4.90 Å². The summed E-state index contributed by atoms with van der Waals surface area (Å²) in [5, 5.41) is 17.9. The fourth-order valence-electron chi connectivity index (χ4n) is 1.35. The maximum atomic E-state index is 12.0. The molecule has 0 spiro atoms. The second-order valence-corrected chi connectivity index (χ2v) is 5.06. The summed E-state index contributed by atoms with van der Waals surface area (Å²) in [5.74, 6) is -0.377. The number of nitro benzene ring substituents is 1. The van der Waals surface area contributed by atoms with E-state index in [1.807, 2.05) is 0 Å². The van der Waals surface area contributed by atoms with Gasteiger partial charge in [-0.2, -0.15) is 0 Å². The van der Waals surface area contributed by atoms with Gasteiger partial charge >= 0.3 is 0 Å². The highest BCUT2D eigenvalue weighted by Gasteiger charge is 2.18. The number of hydrogen-bond donors (Lipinski definition) is 0. The monoisotopic (exact) mass is 298 g/mol. The van der Waals surface area contributed by atoms with Crippen molar-refractivity contribution < 1.29 is 9.72 Å². The van der Waals surface area contributed by atoms with Crippen molar-refractivity contribution in [2.24, 2.45) is 0 Å². The number of carbonyl (C=O) groups excluding carboxylic acids is 1. The fourth-order valence-corrected chi connectivity index (χ4v) is 2.15. The van der Waals surface area contributed by atoms with E-state index in [9.17, 15) is 14.9 Å². The van der Waals surface area contributed by atoms with Crippen molar-refractivity contribution in [2.45, 2.75) is 0 Å². The lowest BCUT2D eigenvalue weighted by Crippen LogP contribution is -2.26. The number of hydrogen-bond acceptors (Lipinski definition) is 6. The topological polar surface area (TPSA) is 89.2 Å². The van der Waals surface area contributed by atoms with Gasteiger partial charge in [0.1, 0.15) is 0 Å². The Hall–Kier alpha value is -2.06. The predicted molar refractivity (Wildman–Crippen MR) is 70.7 cm³/mol. The minimum absolute atomic E-state index is 0.0384. The molecule has 1 heterocycles. The standard InChI is InChI=1S/C10H7ClN4O3S/c1-14(9(16)8-12-13-10(11)19-8)6-2-4-7(5-3-6)15(17)18/h2-5H,1H3. The second kappa shape index (κ2) is 5.29. The fraction of sp³-hybridized carbons (Fsp3) is 0.100. The zero-order valence-corrected chi connectivity index (χ0v) is 11.2. The molecular weight excluding hydrogens is 292 g/mol. The summed E-state index contributed by atoms with van der Waals surface area (Å²) in [6.07, 6.45) is 0.